The molecule has 0 radical (unpaired) electrons. The van der Waals surface area contributed by atoms with Crippen LogP contribution in [0.3, 0.4) is 0 Å². The number of carbonyl (C=O) groups excluding carboxylic acids is 1. The van der Waals surface area contributed by atoms with E-state index >= 15 is 0 Å². The van der Waals surface area contributed by atoms with Crippen LogP contribution < -0.4 is 15.4 Å². The van der Waals surface area contributed by atoms with Gasteiger partial charge < -0.3 is 15.4 Å². The minimum Gasteiger partial charge on any atom is -0.497 e. The molecule has 4 nitrogen and oxygen atoms in total. The molecule has 0 saturated heterocycles. The molecule has 1 amide bonds. The minimum atomic E-state index is 0.0760. The second-order valence-electron chi connectivity index (χ2n) is 5.80. The van der Waals surface area contributed by atoms with Crippen LogP contribution in [0.15, 0.2) is 48.5 Å². The predicted octanol–water partition coefficient (Wildman–Crippen LogP) is 2.84. The molecular weight excluding hydrogens is 300 g/mol. The van der Waals surface area contributed by atoms with Crippen molar-refractivity contribution in [2.45, 2.75) is 26.3 Å². The van der Waals surface area contributed by atoms with Crippen molar-refractivity contribution in [2.24, 2.45) is 0 Å². The Hall–Kier alpha value is -2.33. The Balaban J connectivity index is 1.60. The monoisotopic (exact) mass is 326 g/mol. The van der Waals surface area contributed by atoms with Crippen molar-refractivity contribution in [2.75, 3.05) is 20.2 Å². The molecule has 0 saturated carbocycles. The van der Waals surface area contributed by atoms with E-state index in [1.54, 1.807) is 7.11 Å². The van der Waals surface area contributed by atoms with Gasteiger partial charge in [0.1, 0.15) is 5.75 Å². The van der Waals surface area contributed by atoms with Gasteiger partial charge in [-0.15, -0.1) is 0 Å². The van der Waals surface area contributed by atoms with E-state index in [9.17, 15) is 4.79 Å². The molecule has 2 N–H and O–H groups in total. The van der Waals surface area contributed by atoms with Gasteiger partial charge >= 0.3 is 0 Å². The third-order valence-corrected chi connectivity index (χ3v) is 3.99. The van der Waals surface area contributed by atoms with Crippen molar-refractivity contribution in [3.63, 3.8) is 0 Å². The molecule has 2 aromatic rings. The average molecular weight is 326 g/mol. The van der Waals surface area contributed by atoms with Gasteiger partial charge in [0.15, 0.2) is 0 Å². The molecular formula is C20H26N2O2. The molecule has 0 bridgehead atoms. The van der Waals surface area contributed by atoms with Crippen LogP contribution in [-0.2, 0) is 17.8 Å². The Labute approximate surface area is 144 Å². The third-order valence-electron chi connectivity index (χ3n) is 3.99. The highest BCUT2D eigenvalue weighted by atomic mass is 16.5. The van der Waals surface area contributed by atoms with Gasteiger partial charge in [-0.05, 0) is 48.7 Å². The number of aryl methyl sites for hydroxylation is 1. The first kappa shape index (κ1) is 18.0. The number of ether oxygens (including phenoxy) is 1. The van der Waals surface area contributed by atoms with Crippen LogP contribution in [0.5, 0.6) is 5.75 Å². The number of hydrogen-bond acceptors (Lipinski definition) is 3. The summed E-state index contributed by atoms with van der Waals surface area (Å²) in [5.74, 6) is 0.954. The maximum Gasteiger partial charge on any atom is 0.221 e. The van der Waals surface area contributed by atoms with Crippen molar-refractivity contribution >= 4 is 5.91 Å². The van der Waals surface area contributed by atoms with E-state index < -0.39 is 0 Å². The molecule has 2 aromatic carbocycles. The highest BCUT2D eigenvalue weighted by Gasteiger charge is 2.03. The SMILES string of the molecule is COc1cccc(CCNCCC(=O)NCc2ccccc2C)c1. The lowest BCUT2D eigenvalue weighted by Gasteiger charge is -2.09. The molecule has 0 unspecified atom stereocenters. The first-order chi connectivity index (χ1) is 11.7. The zero-order chi connectivity index (χ0) is 17.2. The normalized spacial score (nSPS) is 10.4. The average Bonchev–Trinajstić information content (AvgIpc) is 2.61. The summed E-state index contributed by atoms with van der Waals surface area (Å²) in [5.41, 5.74) is 3.59. The smallest absolute Gasteiger partial charge is 0.221 e. The number of amides is 1. The van der Waals surface area contributed by atoms with Crippen molar-refractivity contribution in [3.05, 3.63) is 65.2 Å². The van der Waals surface area contributed by atoms with Gasteiger partial charge in [0.05, 0.1) is 7.11 Å². The largest absolute Gasteiger partial charge is 0.497 e. The number of nitrogens with one attached hydrogen (secondary N) is 2. The summed E-state index contributed by atoms with van der Waals surface area (Å²) in [6.07, 6.45) is 1.41. The molecule has 24 heavy (non-hydrogen) atoms. The van der Waals surface area contributed by atoms with E-state index in [-0.39, 0.29) is 5.91 Å². The first-order valence-electron chi connectivity index (χ1n) is 8.34. The van der Waals surface area contributed by atoms with Crippen LogP contribution in [0.25, 0.3) is 0 Å². The lowest BCUT2D eigenvalue weighted by atomic mass is 10.1. The van der Waals surface area contributed by atoms with Crippen LogP contribution in [0.4, 0.5) is 0 Å². The standard InChI is InChI=1S/C20H26N2O2/c1-16-6-3-4-8-18(16)15-22-20(23)11-13-21-12-10-17-7-5-9-19(14-17)24-2/h3-9,14,21H,10-13,15H2,1-2H3,(H,22,23). The Bertz CT molecular complexity index is 656. The van der Waals surface area contributed by atoms with Gasteiger partial charge in [-0.1, -0.05) is 36.4 Å². The van der Waals surface area contributed by atoms with Crippen molar-refractivity contribution in [1.29, 1.82) is 0 Å². The fraction of sp³-hybridized carbons (Fsp3) is 0.350. The molecule has 0 atom stereocenters. The zero-order valence-electron chi connectivity index (χ0n) is 14.5. The molecule has 0 heterocycles. The number of methoxy groups -OCH3 is 1. The Morgan fingerprint density at radius 2 is 1.92 bits per heavy atom. The summed E-state index contributed by atoms with van der Waals surface area (Å²) in [5, 5.41) is 6.28. The topological polar surface area (TPSA) is 50.4 Å². The summed E-state index contributed by atoms with van der Waals surface area (Å²) >= 11 is 0. The lowest BCUT2D eigenvalue weighted by Crippen LogP contribution is -2.28. The second kappa shape index (κ2) is 9.73. The minimum absolute atomic E-state index is 0.0760. The van der Waals surface area contributed by atoms with Crippen molar-refractivity contribution in [3.8, 4) is 5.75 Å². The maximum absolute atomic E-state index is 11.9. The van der Waals surface area contributed by atoms with Gasteiger partial charge in [0, 0.05) is 19.5 Å². The van der Waals surface area contributed by atoms with Gasteiger partial charge in [-0.3, -0.25) is 4.79 Å². The molecule has 2 rings (SSSR count). The summed E-state index contributed by atoms with van der Waals surface area (Å²) < 4.78 is 5.21. The van der Waals surface area contributed by atoms with Gasteiger partial charge in [0.25, 0.3) is 0 Å². The number of carbonyl (C=O) groups is 1. The van der Waals surface area contributed by atoms with Crippen molar-refractivity contribution in [1.82, 2.24) is 10.6 Å². The van der Waals surface area contributed by atoms with E-state index in [1.165, 1.54) is 11.1 Å². The fourth-order valence-corrected chi connectivity index (χ4v) is 2.48. The van der Waals surface area contributed by atoms with E-state index in [0.29, 0.717) is 19.5 Å². The molecule has 0 aliphatic rings. The van der Waals surface area contributed by atoms with Crippen LogP contribution in [0.1, 0.15) is 23.1 Å². The molecule has 0 aromatic heterocycles. The Kier molecular flexibility index (Phi) is 7.30. The van der Waals surface area contributed by atoms with E-state index in [1.807, 2.05) is 36.4 Å². The van der Waals surface area contributed by atoms with Gasteiger partial charge in [-0.25, -0.2) is 0 Å². The molecule has 4 heteroatoms. The van der Waals surface area contributed by atoms with Gasteiger partial charge in [-0.2, -0.15) is 0 Å². The van der Waals surface area contributed by atoms with Crippen LogP contribution in [0.2, 0.25) is 0 Å². The number of hydrogen-bond donors (Lipinski definition) is 2. The number of benzene rings is 2. The van der Waals surface area contributed by atoms with E-state index in [4.69, 9.17) is 4.74 Å². The number of rotatable bonds is 9. The Morgan fingerprint density at radius 3 is 2.71 bits per heavy atom. The quantitative estimate of drug-likeness (QED) is 0.697. The first-order valence-corrected chi connectivity index (χ1v) is 8.34. The van der Waals surface area contributed by atoms with Gasteiger partial charge in [0.2, 0.25) is 5.91 Å². The summed E-state index contributed by atoms with van der Waals surface area (Å²) in [7, 11) is 1.67. The predicted molar refractivity (Wildman–Crippen MR) is 97.2 cm³/mol. The van der Waals surface area contributed by atoms with E-state index in [0.717, 1.165) is 24.3 Å². The molecule has 0 fully saturated rings. The Morgan fingerprint density at radius 1 is 1.08 bits per heavy atom. The summed E-state index contributed by atoms with van der Waals surface area (Å²) in [6, 6.07) is 16.2. The third kappa shape index (κ3) is 6.05. The maximum atomic E-state index is 11.9. The highest BCUT2D eigenvalue weighted by Crippen LogP contribution is 2.12. The summed E-state index contributed by atoms with van der Waals surface area (Å²) in [6.45, 7) is 4.18. The highest BCUT2D eigenvalue weighted by molar-refractivity contribution is 5.76. The van der Waals surface area contributed by atoms with Crippen LogP contribution >= 0.6 is 0 Å². The molecule has 0 spiro atoms. The lowest BCUT2D eigenvalue weighted by molar-refractivity contribution is -0.121. The van der Waals surface area contributed by atoms with Crippen LogP contribution in [-0.4, -0.2) is 26.1 Å². The molecule has 0 aliphatic heterocycles. The zero-order valence-corrected chi connectivity index (χ0v) is 14.5. The summed E-state index contributed by atoms with van der Waals surface area (Å²) in [4.78, 5) is 11.9. The van der Waals surface area contributed by atoms with Crippen LogP contribution in [0, 0.1) is 6.92 Å². The second-order valence-corrected chi connectivity index (χ2v) is 5.80. The van der Waals surface area contributed by atoms with E-state index in [2.05, 4.69) is 29.7 Å². The molecule has 0 aliphatic carbocycles. The van der Waals surface area contributed by atoms with Crippen molar-refractivity contribution < 1.29 is 9.53 Å². The fourth-order valence-electron chi connectivity index (χ4n) is 2.48. The molecule has 128 valence electrons.